The first kappa shape index (κ1) is 18.8. The van der Waals surface area contributed by atoms with Crippen molar-refractivity contribution in [3.05, 3.63) is 59.1 Å². The first-order valence-corrected chi connectivity index (χ1v) is 8.42. The average Bonchev–Trinajstić information content (AvgIpc) is 2.60. The molecule has 0 aliphatic rings. The van der Waals surface area contributed by atoms with E-state index < -0.39 is 12.1 Å². The molecule has 2 aromatic carbocycles. The summed E-state index contributed by atoms with van der Waals surface area (Å²) >= 11 is 5.93. The summed E-state index contributed by atoms with van der Waals surface area (Å²) in [6.07, 6.45) is -0.256. The van der Waals surface area contributed by atoms with E-state index in [1.807, 2.05) is 6.92 Å². The maximum atomic E-state index is 12.5. The van der Waals surface area contributed by atoms with Crippen LogP contribution in [0, 0.1) is 0 Å². The Labute approximate surface area is 151 Å². The smallest absolute Gasteiger partial charge is 0.340 e. The summed E-state index contributed by atoms with van der Waals surface area (Å²) in [5.74, 6) is -0.324. The number of amides is 1. The van der Waals surface area contributed by atoms with Gasteiger partial charge in [0, 0.05) is 5.02 Å². The Morgan fingerprint density at radius 3 is 2.56 bits per heavy atom. The zero-order valence-corrected chi connectivity index (χ0v) is 14.9. The van der Waals surface area contributed by atoms with Crippen LogP contribution in [0.2, 0.25) is 5.02 Å². The molecule has 0 bridgehead atoms. The monoisotopic (exact) mass is 361 g/mol. The fourth-order valence-electron chi connectivity index (χ4n) is 2.22. The van der Waals surface area contributed by atoms with E-state index in [9.17, 15) is 9.59 Å². The third-order valence-corrected chi connectivity index (χ3v) is 3.65. The minimum absolute atomic E-state index is 0.260. The molecule has 6 heteroatoms. The summed E-state index contributed by atoms with van der Waals surface area (Å²) in [6, 6.07) is 13.5. The molecule has 132 valence electrons. The van der Waals surface area contributed by atoms with Gasteiger partial charge in [0.1, 0.15) is 5.75 Å². The molecule has 1 N–H and O–H groups in total. The van der Waals surface area contributed by atoms with Crippen LogP contribution in [0.1, 0.15) is 30.6 Å². The highest BCUT2D eigenvalue weighted by molar-refractivity contribution is 6.30. The summed E-state index contributed by atoms with van der Waals surface area (Å²) in [4.78, 5) is 24.5. The van der Waals surface area contributed by atoms with E-state index in [-0.39, 0.29) is 12.5 Å². The van der Waals surface area contributed by atoms with Crippen molar-refractivity contribution in [2.45, 2.75) is 26.4 Å². The summed E-state index contributed by atoms with van der Waals surface area (Å²) < 4.78 is 10.7. The van der Waals surface area contributed by atoms with Crippen molar-refractivity contribution in [2.24, 2.45) is 0 Å². The van der Waals surface area contributed by atoms with Crippen LogP contribution in [0.5, 0.6) is 5.75 Å². The lowest BCUT2D eigenvalue weighted by Gasteiger charge is -2.18. The fraction of sp³-hybridized carbons (Fsp3) is 0.263. The minimum Gasteiger partial charge on any atom is -0.481 e. The van der Waals surface area contributed by atoms with Gasteiger partial charge in [-0.15, -0.1) is 0 Å². The quantitative estimate of drug-likeness (QED) is 0.746. The molecule has 0 radical (unpaired) electrons. The maximum Gasteiger partial charge on any atom is 0.340 e. The van der Waals surface area contributed by atoms with Gasteiger partial charge < -0.3 is 14.8 Å². The topological polar surface area (TPSA) is 64.6 Å². The number of halogens is 1. The van der Waals surface area contributed by atoms with Crippen molar-refractivity contribution in [1.29, 1.82) is 0 Å². The standard InChI is InChI=1S/C19H20ClNO4/c1-3-17(25-14-9-7-8-13(20)12-14)18(22)21-16-11-6-5-10-15(16)19(23)24-4-2/h5-12,17H,3-4H2,1-2H3,(H,21,22)/t17-/m1/s1. The maximum absolute atomic E-state index is 12.5. The second-order valence-electron chi connectivity index (χ2n) is 5.23. The molecule has 0 aliphatic carbocycles. The highest BCUT2D eigenvalue weighted by atomic mass is 35.5. The molecule has 0 aliphatic heterocycles. The van der Waals surface area contributed by atoms with E-state index in [1.165, 1.54) is 0 Å². The molecule has 2 aromatic rings. The summed E-state index contributed by atoms with van der Waals surface area (Å²) in [5, 5.41) is 3.27. The molecule has 0 saturated carbocycles. The summed E-state index contributed by atoms with van der Waals surface area (Å²) in [7, 11) is 0. The van der Waals surface area contributed by atoms with Gasteiger partial charge in [0.15, 0.2) is 6.10 Å². The first-order valence-electron chi connectivity index (χ1n) is 8.04. The Morgan fingerprint density at radius 2 is 1.88 bits per heavy atom. The highest BCUT2D eigenvalue weighted by Crippen LogP contribution is 2.21. The van der Waals surface area contributed by atoms with Gasteiger partial charge in [-0.25, -0.2) is 4.79 Å². The molecule has 0 unspecified atom stereocenters. The van der Waals surface area contributed by atoms with Gasteiger partial charge in [0.2, 0.25) is 0 Å². The normalized spacial score (nSPS) is 11.5. The number of hydrogen-bond acceptors (Lipinski definition) is 4. The molecule has 25 heavy (non-hydrogen) atoms. The van der Waals surface area contributed by atoms with Gasteiger partial charge >= 0.3 is 5.97 Å². The van der Waals surface area contributed by atoms with E-state index in [4.69, 9.17) is 21.1 Å². The number of nitrogens with one attached hydrogen (secondary N) is 1. The van der Waals surface area contributed by atoms with Crippen LogP contribution >= 0.6 is 11.6 Å². The van der Waals surface area contributed by atoms with Gasteiger partial charge in [-0.2, -0.15) is 0 Å². The molecule has 0 fully saturated rings. The van der Waals surface area contributed by atoms with Crippen LogP contribution in [0.15, 0.2) is 48.5 Å². The molecule has 0 heterocycles. The van der Waals surface area contributed by atoms with Crippen LogP contribution < -0.4 is 10.1 Å². The largest absolute Gasteiger partial charge is 0.481 e. The number of carbonyl (C=O) groups is 2. The van der Waals surface area contributed by atoms with Crippen LogP contribution in [0.3, 0.4) is 0 Å². The predicted octanol–water partition coefficient (Wildman–Crippen LogP) is 4.31. The molecule has 5 nitrogen and oxygen atoms in total. The van der Waals surface area contributed by atoms with Crippen molar-refractivity contribution in [2.75, 3.05) is 11.9 Å². The Morgan fingerprint density at radius 1 is 1.12 bits per heavy atom. The van der Waals surface area contributed by atoms with Crippen molar-refractivity contribution in [1.82, 2.24) is 0 Å². The Kier molecular flexibility index (Phi) is 6.83. The zero-order chi connectivity index (χ0) is 18.2. The van der Waals surface area contributed by atoms with E-state index in [0.29, 0.717) is 28.4 Å². The Hall–Kier alpha value is -2.53. The second kappa shape index (κ2) is 9.08. The average molecular weight is 362 g/mol. The molecular weight excluding hydrogens is 342 g/mol. The number of para-hydroxylation sites is 1. The number of ether oxygens (including phenoxy) is 2. The van der Waals surface area contributed by atoms with Crippen LogP contribution in [-0.4, -0.2) is 24.6 Å². The van der Waals surface area contributed by atoms with E-state index in [1.54, 1.807) is 55.5 Å². The van der Waals surface area contributed by atoms with Crippen LogP contribution in [0.4, 0.5) is 5.69 Å². The zero-order valence-electron chi connectivity index (χ0n) is 14.1. The fourth-order valence-corrected chi connectivity index (χ4v) is 2.40. The van der Waals surface area contributed by atoms with Gasteiger partial charge in [0.25, 0.3) is 5.91 Å². The SMILES string of the molecule is CCOC(=O)c1ccccc1NC(=O)[C@@H](CC)Oc1cccc(Cl)c1. The van der Waals surface area contributed by atoms with Crippen molar-refractivity contribution in [3.63, 3.8) is 0 Å². The Balaban J connectivity index is 2.13. The predicted molar refractivity (Wildman–Crippen MR) is 97.2 cm³/mol. The lowest BCUT2D eigenvalue weighted by Crippen LogP contribution is -2.33. The molecule has 1 amide bonds. The highest BCUT2D eigenvalue weighted by Gasteiger charge is 2.21. The first-order chi connectivity index (χ1) is 12.0. The molecule has 0 spiro atoms. The van der Waals surface area contributed by atoms with Crippen molar-refractivity contribution < 1.29 is 19.1 Å². The molecule has 0 saturated heterocycles. The molecule has 1 atom stereocenters. The summed E-state index contributed by atoms with van der Waals surface area (Å²) in [6.45, 7) is 3.83. The number of carbonyl (C=O) groups excluding carboxylic acids is 2. The molecule has 0 aromatic heterocycles. The van der Waals surface area contributed by atoms with Crippen molar-refractivity contribution >= 4 is 29.2 Å². The summed E-state index contributed by atoms with van der Waals surface area (Å²) in [5.41, 5.74) is 0.689. The number of hydrogen-bond donors (Lipinski definition) is 1. The minimum atomic E-state index is -0.714. The van der Waals surface area contributed by atoms with Crippen LogP contribution in [0.25, 0.3) is 0 Å². The van der Waals surface area contributed by atoms with E-state index in [2.05, 4.69) is 5.32 Å². The number of benzene rings is 2. The number of anilines is 1. The van der Waals surface area contributed by atoms with Gasteiger partial charge in [0.05, 0.1) is 17.9 Å². The second-order valence-corrected chi connectivity index (χ2v) is 5.66. The van der Waals surface area contributed by atoms with E-state index in [0.717, 1.165) is 0 Å². The lowest BCUT2D eigenvalue weighted by atomic mass is 10.1. The van der Waals surface area contributed by atoms with Gasteiger partial charge in [-0.3, -0.25) is 4.79 Å². The molecular formula is C19H20ClNO4. The van der Waals surface area contributed by atoms with Gasteiger partial charge in [-0.1, -0.05) is 36.7 Å². The third-order valence-electron chi connectivity index (χ3n) is 3.42. The van der Waals surface area contributed by atoms with Gasteiger partial charge in [-0.05, 0) is 43.7 Å². The molecule has 2 rings (SSSR count). The Bertz CT molecular complexity index is 748. The number of rotatable bonds is 7. The van der Waals surface area contributed by atoms with E-state index >= 15 is 0 Å². The lowest BCUT2D eigenvalue weighted by molar-refractivity contribution is -0.122. The van der Waals surface area contributed by atoms with Crippen LogP contribution in [-0.2, 0) is 9.53 Å². The van der Waals surface area contributed by atoms with Crippen molar-refractivity contribution in [3.8, 4) is 5.75 Å². The number of esters is 1. The third kappa shape index (κ3) is 5.22.